The molecule has 0 spiro atoms. The van der Waals surface area contributed by atoms with E-state index >= 15 is 0 Å². The van der Waals surface area contributed by atoms with E-state index in [1.165, 1.54) is 25.0 Å². The van der Waals surface area contributed by atoms with Crippen LogP contribution < -0.4 is 0 Å². The highest BCUT2D eigenvalue weighted by Gasteiger charge is 2.29. The number of benzene rings is 2. The number of piperidine rings is 1. The minimum atomic E-state index is -0.240. The van der Waals surface area contributed by atoms with Crippen molar-refractivity contribution < 1.29 is 9.18 Å². The number of likely N-dealkylation sites (N-methyl/N-ethyl adjacent to an activating group) is 1. The minimum absolute atomic E-state index is 0.123. The van der Waals surface area contributed by atoms with Gasteiger partial charge in [-0.3, -0.25) is 4.90 Å². The molecule has 7 heteroatoms. The monoisotopic (exact) mass is 454 g/mol. The fourth-order valence-electron chi connectivity index (χ4n) is 5.04. The van der Waals surface area contributed by atoms with Crippen LogP contribution in [0.5, 0.6) is 0 Å². The van der Waals surface area contributed by atoms with Gasteiger partial charge in [-0.15, -0.1) is 0 Å². The van der Waals surface area contributed by atoms with Crippen LogP contribution in [0.15, 0.2) is 48.7 Å². The van der Waals surface area contributed by atoms with Crippen molar-refractivity contribution in [3.63, 3.8) is 0 Å². The molecule has 1 atom stereocenters. The van der Waals surface area contributed by atoms with E-state index in [1.807, 2.05) is 36.2 Å². The molecule has 2 aliphatic rings. The number of aromatic nitrogens is 1. The molecule has 3 aromatic rings. The maximum atomic E-state index is 13.5. The lowest BCUT2D eigenvalue weighted by Crippen LogP contribution is -2.42. The number of fused-ring (bicyclic) bond motifs is 1. The van der Waals surface area contributed by atoms with Crippen molar-refractivity contribution in [2.45, 2.75) is 25.4 Å². The van der Waals surface area contributed by atoms with E-state index in [2.05, 4.69) is 21.7 Å². The van der Waals surface area contributed by atoms with Crippen LogP contribution in [0.2, 0.25) is 5.02 Å². The molecule has 2 aliphatic heterocycles. The summed E-state index contributed by atoms with van der Waals surface area (Å²) >= 11 is 6.35. The Bertz CT molecular complexity index is 1130. The van der Waals surface area contributed by atoms with E-state index in [1.54, 1.807) is 4.90 Å². The molecule has 168 valence electrons. The maximum Gasteiger partial charge on any atom is 0.319 e. The van der Waals surface area contributed by atoms with Crippen LogP contribution in [-0.2, 0) is 0 Å². The Hall–Kier alpha value is -2.57. The molecular formula is C25H28ClFN4O. The number of rotatable bonds is 5. The summed E-state index contributed by atoms with van der Waals surface area (Å²) in [7, 11) is 1.86. The van der Waals surface area contributed by atoms with Crippen molar-refractivity contribution in [2.24, 2.45) is 0 Å². The van der Waals surface area contributed by atoms with Crippen LogP contribution >= 0.6 is 11.6 Å². The first-order chi connectivity index (χ1) is 15.5. The fourth-order valence-corrected chi connectivity index (χ4v) is 5.21. The van der Waals surface area contributed by atoms with Gasteiger partial charge in [-0.2, -0.15) is 0 Å². The Morgan fingerprint density at radius 2 is 1.84 bits per heavy atom. The lowest BCUT2D eigenvalue weighted by molar-refractivity contribution is 0.0901. The highest BCUT2D eigenvalue weighted by Crippen LogP contribution is 2.37. The third-order valence-electron chi connectivity index (χ3n) is 6.81. The quantitative estimate of drug-likeness (QED) is 0.513. The molecule has 0 aliphatic carbocycles. The first kappa shape index (κ1) is 21.3. The Labute approximate surface area is 193 Å². The summed E-state index contributed by atoms with van der Waals surface area (Å²) in [5.74, 6) is -0.240. The molecule has 3 heterocycles. The Kier molecular flexibility index (Phi) is 5.82. The van der Waals surface area contributed by atoms with Crippen molar-refractivity contribution in [3.8, 4) is 11.1 Å². The number of carbonyl (C=O) groups excluding carboxylic acids is 1. The van der Waals surface area contributed by atoms with Crippen LogP contribution in [0, 0.1) is 5.82 Å². The average Bonchev–Trinajstić information content (AvgIpc) is 3.33. The first-order valence-electron chi connectivity index (χ1n) is 11.3. The minimum Gasteiger partial charge on any atom is -0.331 e. The van der Waals surface area contributed by atoms with Gasteiger partial charge < -0.3 is 14.4 Å². The molecule has 2 amide bonds. The lowest BCUT2D eigenvalue weighted by Gasteiger charge is -2.37. The van der Waals surface area contributed by atoms with E-state index in [4.69, 9.17) is 11.6 Å². The smallest absolute Gasteiger partial charge is 0.319 e. The van der Waals surface area contributed by atoms with Crippen LogP contribution in [0.25, 0.3) is 22.0 Å². The van der Waals surface area contributed by atoms with Gasteiger partial charge in [-0.05, 0) is 55.2 Å². The lowest BCUT2D eigenvalue weighted by atomic mass is 10.1. The van der Waals surface area contributed by atoms with Gasteiger partial charge in [0.25, 0.3) is 0 Å². The predicted octanol–water partition coefficient (Wildman–Crippen LogP) is 5.45. The van der Waals surface area contributed by atoms with Crippen molar-refractivity contribution in [1.82, 2.24) is 19.3 Å². The molecule has 0 bridgehead atoms. The number of carbonyl (C=O) groups is 1. The summed E-state index contributed by atoms with van der Waals surface area (Å²) in [5.41, 5.74) is 3.16. The number of amides is 2. The number of hydrogen-bond donors (Lipinski definition) is 0. The number of halogens is 2. The van der Waals surface area contributed by atoms with Crippen LogP contribution in [0.4, 0.5) is 9.18 Å². The maximum absolute atomic E-state index is 13.5. The molecule has 0 radical (unpaired) electrons. The van der Waals surface area contributed by atoms with Gasteiger partial charge >= 0.3 is 6.03 Å². The normalized spacial score (nSPS) is 20.0. The highest BCUT2D eigenvalue weighted by molar-refractivity contribution is 6.31. The van der Waals surface area contributed by atoms with Gasteiger partial charge in [0.05, 0.1) is 11.7 Å². The third-order valence-corrected chi connectivity index (χ3v) is 7.05. The van der Waals surface area contributed by atoms with E-state index < -0.39 is 0 Å². The second-order valence-corrected chi connectivity index (χ2v) is 9.26. The Morgan fingerprint density at radius 3 is 2.59 bits per heavy atom. The van der Waals surface area contributed by atoms with Gasteiger partial charge in [0.2, 0.25) is 0 Å². The Balaban J connectivity index is 1.48. The number of nitrogens with zero attached hydrogens (tertiary/aromatic N) is 4. The number of hydrogen-bond acceptors (Lipinski definition) is 2. The summed E-state index contributed by atoms with van der Waals surface area (Å²) in [6.07, 6.45) is 5.80. The zero-order chi connectivity index (χ0) is 22.2. The Morgan fingerprint density at radius 1 is 1.03 bits per heavy atom. The van der Waals surface area contributed by atoms with Gasteiger partial charge in [-0.1, -0.05) is 23.7 Å². The number of likely N-dealkylation sites (tertiary alicyclic amines) is 1. The first-order valence-corrected chi connectivity index (χ1v) is 11.7. The number of urea groups is 1. The topological polar surface area (TPSA) is 31.7 Å². The zero-order valence-electron chi connectivity index (χ0n) is 18.3. The van der Waals surface area contributed by atoms with Gasteiger partial charge in [0.15, 0.2) is 0 Å². The molecule has 0 saturated carbocycles. The van der Waals surface area contributed by atoms with Gasteiger partial charge in [0.1, 0.15) is 5.82 Å². The van der Waals surface area contributed by atoms with Crippen molar-refractivity contribution in [2.75, 3.05) is 39.8 Å². The fraction of sp³-hybridized carbons (Fsp3) is 0.400. The third kappa shape index (κ3) is 3.97. The molecule has 2 saturated heterocycles. The van der Waals surface area contributed by atoms with Gasteiger partial charge in [-0.25, -0.2) is 9.18 Å². The standard InChI is InChI=1S/C25H28ClFN4O/c1-28-12-13-30(25(28)32)15-14-29-11-3-2-4-24(29)31-17-22(18-5-8-20(27)9-6-18)21-16-19(26)7-10-23(21)31/h5-10,16-17,24H,2-4,11-15H2,1H3. The average molecular weight is 455 g/mol. The van der Waals surface area contributed by atoms with E-state index in [0.717, 1.165) is 61.2 Å². The van der Waals surface area contributed by atoms with E-state index in [9.17, 15) is 9.18 Å². The molecule has 32 heavy (non-hydrogen) atoms. The molecule has 2 fully saturated rings. The molecule has 5 rings (SSSR count). The SMILES string of the molecule is CN1CCN(CCN2CCCCC2n2cc(-c3ccc(F)cc3)c3cc(Cl)ccc32)C1=O. The highest BCUT2D eigenvalue weighted by atomic mass is 35.5. The molecule has 2 aromatic carbocycles. The van der Waals surface area contributed by atoms with Gasteiger partial charge in [0, 0.05) is 61.9 Å². The van der Waals surface area contributed by atoms with Crippen LogP contribution in [0.1, 0.15) is 25.4 Å². The second-order valence-electron chi connectivity index (χ2n) is 8.82. The largest absolute Gasteiger partial charge is 0.331 e. The summed E-state index contributed by atoms with van der Waals surface area (Å²) in [6, 6.07) is 12.8. The summed E-state index contributed by atoms with van der Waals surface area (Å²) in [4.78, 5) is 18.5. The van der Waals surface area contributed by atoms with Crippen LogP contribution in [-0.4, -0.2) is 65.1 Å². The second kappa shape index (κ2) is 8.75. The molecular weight excluding hydrogens is 427 g/mol. The summed E-state index contributed by atoms with van der Waals surface area (Å²) < 4.78 is 15.9. The van der Waals surface area contributed by atoms with Crippen molar-refractivity contribution >= 4 is 28.5 Å². The summed E-state index contributed by atoms with van der Waals surface area (Å²) in [6.45, 7) is 4.21. The van der Waals surface area contributed by atoms with Crippen molar-refractivity contribution in [1.29, 1.82) is 0 Å². The summed E-state index contributed by atoms with van der Waals surface area (Å²) in [5, 5.41) is 1.77. The predicted molar refractivity (Wildman–Crippen MR) is 126 cm³/mol. The van der Waals surface area contributed by atoms with E-state index in [0.29, 0.717) is 5.02 Å². The molecule has 1 unspecified atom stereocenters. The molecule has 0 N–H and O–H groups in total. The van der Waals surface area contributed by atoms with Crippen LogP contribution in [0.3, 0.4) is 0 Å². The van der Waals surface area contributed by atoms with Crippen molar-refractivity contribution in [3.05, 3.63) is 59.5 Å². The zero-order valence-corrected chi connectivity index (χ0v) is 19.1. The molecule has 1 aromatic heterocycles. The molecule has 5 nitrogen and oxygen atoms in total. The van der Waals surface area contributed by atoms with E-state index in [-0.39, 0.29) is 18.0 Å².